The van der Waals surface area contributed by atoms with E-state index in [9.17, 15) is 14.4 Å². The number of nitrogens with zero attached hydrogens (tertiary/aromatic N) is 4. The molecule has 0 spiro atoms. The average molecular weight is 639 g/mol. The van der Waals surface area contributed by atoms with E-state index in [1.807, 2.05) is 35.2 Å². The summed E-state index contributed by atoms with van der Waals surface area (Å²) in [5, 5.41) is 0.678. The molecule has 2 aliphatic heterocycles. The summed E-state index contributed by atoms with van der Waals surface area (Å²) in [6.07, 6.45) is 0.365. The number of fused-ring (bicyclic) bond motifs is 1. The molecule has 3 amide bonds. The Morgan fingerprint density at radius 1 is 0.976 bits per heavy atom. The second kappa shape index (κ2) is 13.7. The van der Waals surface area contributed by atoms with Gasteiger partial charge in [0.05, 0.1) is 17.9 Å². The number of primary amides is 1. The summed E-state index contributed by atoms with van der Waals surface area (Å²) in [4.78, 5) is 47.8. The quantitative estimate of drug-likeness (QED) is 0.410. The lowest BCUT2D eigenvalue weighted by Crippen LogP contribution is -2.50. The number of para-hydroxylation sites is 1. The first kappa shape index (κ1) is 33.1. The lowest BCUT2D eigenvalue weighted by Gasteiger charge is -2.33. The first-order chi connectivity index (χ1) is 19.1. The summed E-state index contributed by atoms with van der Waals surface area (Å²) in [6.45, 7) is 3.03. The summed E-state index contributed by atoms with van der Waals surface area (Å²) in [7, 11) is 0. The second-order valence-electron chi connectivity index (χ2n) is 9.85. The monoisotopic (exact) mass is 637 g/mol. The van der Waals surface area contributed by atoms with E-state index in [-0.39, 0.29) is 43.5 Å². The van der Waals surface area contributed by atoms with Crippen LogP contribution in [0.3, 0.4) is 0 Å². The molecule has 3 heterocycles. The van der Waals surface area contributed by atoms with E-state index in [2.05, 4.69) is 4.98 Å². The lowest BCUT2D eigenvalue weighted by molar-refractivity contribution is -0.128. The topological polar surface area (TPSA) is 99.8 Å². The van der Waals surface area contributed by atoms with Crippen LogP contribution in [0, 0.1) is 6.92 Å². The van der Waals surface area contributed by atoms with Crippen molar-refractivity contribution in [2.45, 2.75) is 19.3 Å². The van der Waals surface area contributed by atoms with Crippen molar-refractivity contribution in [2.75, 3.05) is 44.2 Å². The highest BCUT2D eigenvalue weighted by atomic mass is 35.5. The molecule has 2 aliphatic rings. The molecule has 224 valence electrons. The number of alkyl halides is 2. The van der Waals surface area contributed by atoms with Crippen LogP contribution in [0.1, 0.15) is 27.3 Å². The van der Waals surface area contributed by atoms with Crippen molar-refractivity contribution in [1.29, 1.82) is 0 Å². The van der Waals surface area contributed by atoms with Crippen molar-refractivity contribution < 1.29 is 23.2 Å². The predicted molar refractivity (Wildman–Crippen MR) is 165 cm³/mol. The van der Waals surface area contributed by atoms with E-state index in [4.69, 9.17) is 5.73 Å². The fraction of sp³-hybridized carbons (Fsp3) is 0.310. The Balaban J connectivity index is 0.00000242. The summed E-state index contributed by atoms with van der Waals surface area (Å²) in [5.74, 6) is -4.74. The molecule has 3 aromatic rings. The van der Waals surface area contributed by atoms with Gasteiger partial charge in [0.15, 0.2) is 0 Å². The molecule has 2 N–H and O–H groups in total. The average Bonchev–Trinajstić information content (AvgIpc) is 3.29. The number of amides is 3. The van der Waals surface area contributed by atoms with Crippen molar-refractivity contribution in [2.24, 2.45) is 5.73 Å². The molecule has 0 bridgehead atoms. The second-order valence-corrected chi connectivity index (χ2v) is 10.9. The summed E-state index contributed by atoms with van der Waals surface area (Å²) in [5.41, 5.74) is 6.71. The van der Waals surface area contributed by atoms with E-state index in [0.29, 0.717) is 47.4 Å². The van der Waals surface area contributed by atoms with Gasteiger partial charge < -0.3 is 15.5 Å². The van der Waals surface area contributed by atoms with Crippen molar-refractivity contribution in [3.63, 3.8) is 0 Å². The first-order valence-electron chi connectivity index (χ1n) is 13.0. The SMILES string of the molecule is Cc1nc(-c2ccccc2)sc1C(=O)N1CCC(F)(F)C(=CC(=O)N2CCN(CC(N)=O)CC2)c2ccccc21.Cl.Cl. The Bertz CT molecular complexity index is 1480. The summed E-state index contributed by atoms with van der Waals surface area (Å²) >= 11 is 1.23. The number of nitrogens with two attached hydrogens (primary N) is 1. The molecule has 1 aromatic heterocycles. The number of aromatic nitrogens is 1. The highest BCUT2D eigenvalue weighted by molar-refractivity contribution is 7.17. The van der Waals surface area contributed by atoms with Crippen LogP contribution in [-0.4, -0.2) is 77.7 Å². The van der Waals surface area contributed by atoms with E-state index >= 15 is 8.78 Å². The Hall–Kier alpha value is -3.38. The van der Waals surface area contributed by atoms with Crippen molar-refractivity contribution in [1.82, 2.24) is 14.8 Å². The molecule has 0 saturated carbocycles. The number of anilines is 1. The highest BCUT2D eigenvalue weighted by Crippen LogP contribution is 2.44. The molecule has 0 atom stereocenters. The van der Waals surface area contributed by atoms with Gasteiger partial charge in [0.25, 0.3) is 11.8 Å². The zero-order valence-electron chi connectivity index (χ0n) is 22.8. The highest BCUT2D eigenvalue weighted by Gasteiger charge is 2.42. The number of hydrogen-bond acceptors (Lipinski definition) is 6. The van der Waals surface area contributed by atoms with Gasteiger partial charge in [0.1, 0.15) is 9.88 Å². The molecule has 8 nitrogen and oxygen atoms in total. The Labute approximate surface area is 259 Å². The number of aryl methyl sites for hydroxylation is 1. The predicted octanol–water partition coefficient (Wildman–Crippen LogP) is 4.66. The van der Waals surface area contributed by atoms with Crippen LogP contribution < -0.4 is 10.6 Å². The lowest BCUT2D eigenvalue weighted by atomic mass is 9.96. The van der Waals surface area contributed by atoms with Gasteiger partial charge in [-0.05, 0) is 13.0 Å². The van der Waals surface area contributed by atoms with Gasteiger partial charge >= 0.3 is 0 Å². The summed E-state index contributed by atoms with van der Waals surface area (Å²) in [6, 6.07) is 15.9. The molecule has 1 saturated heterocycles. The van der Waals surface area contributed by atoms with Crippen molar-refractivity contribution >= 4 is 65.1 Å². The van der Waals surface area contributed by atoms with Gasteiger partial charge in [-0.25, -0.2) is 13.8 Å². The Morgan fingerprint density at radius 3 is 2.29 bits per heavy atom. The van der Waals surface area contributed by atoms with E-state index in [1.165, 1.54) is 27.2 Å². The van der Waals surface area contributed by atoms with Crippen LogP contribution in [0.15, 0.2) is 60.7 Å². The maximum atomic E-state index is 15.6. The fourth-order valence-electron chi connectivity index (χ4n) is 5.02. The van der Waals surface area contributed by atoms with Crippen molar-refractivity contribution in [3.8, 4) is 10.6 Å². The molecule has 0 aliphatic carbocycles. The number of benzene rings is 2. The molecular formula is C29H31Cl2F2N5O3S. The minimum absolute atomic E-state index is 0. The third kappa shape index (κ3) is 6.97. The minimum Gasteiger partial charge on any atom is -0.369 e. The van der Waals surface area contributed by atoms with Gasteiger partial charge in [0, 0.05) is 61.9 Å². The van der Waals surface area contributed by atoms with Gasteiger partial charge in [0.2, 0.25) is 11.8 Å². The molecule has 2 aromatic carbocycles. The molecule has 0 radical (unpaired) electrons. The van der Waals surface area contributed by atoms with E-state index in [0.717, 1.165) is 11.6 Å². The summed E-state index contributed by atoms with van der Waals surface area (Å²) < 4.78 is 31.3. The molecule has 5 rings (SSSR count). The van der Waals surface area contributed by atoms with Gasteiger partial charge in [-0.1, -0.05) is 48.5 Å². The zero-order chi connectivity index (χ0) is 28.4. The maximum Gasteiger partial charge on any atom is 0.275 e. The van der Waals surface area contributed by atoms with Gasteiger partial charge in [-0.3, -0.25) is 19.3 Å². The van der Waals surface area contributed by atoms with Crippen LogP contribution in [0.4, 0.5) is 14.5 Å². The standard InChI is InChI=1S/C29H29F2N5O3S.2ClH/c1-19-26(40-27(33-19)20-7-3-2-4-8-20)28(39)36-12-11-29(30,31)22(21-9-5-6-10-23(21)36)17-25(38)35-15-13-34(14-16-35)18-24(32)37;;/h2-10,17H,11-16,18H2,1H3,(H2,32,37);2*1H. The molecular weight excluding hydrogens is 607 g/mol. The van der Waals surface area contributed by atoms with Crippen LogP contribution in [0.2, 0.25) is 0 Å². The Morgan fingerprint density at radius 2 is 1.62 bits per heavy atom. The number of carbonyl (C=O) groups excluding carboxylic acids is 3. The van der Waals surface area contributed by atoms with Crippen LogP contribution in [0.25, 0.3) is 16.1 Å². The largest absolute Gasteiger partial charge is 0.369 e. The molecule has 1 fully saturated rings. The maximum absolute atomic E-state index is 15.6. The number of hydrogen-bond donors (Lipinski definition) is 1. The first-order valence-corrected chi connectivity index (χ1v) is 13.8. The number of allylic oxidation sites excluding steroid dienone is 1. The fourth-order valence-corrected chi connectivity index (χ4v) is 6.04. The van der Waals surface area contributed by atoms with Gasteiger partial charge in [-0.2, -0.15) is 0 Å². The third-order valence-electron chi connectivity index (χ3n) is 7.12. The van der Waals surface area contributed by atoms with Crippen LogP contribution in [0.5, 0.6) is 0 Å². The Kier molecular flexibility index (Phi) is 10.8. The number of rotatable bonds is 5. The number of piperazine rings is 1. The van der Waals surface area contributed by atoms with E-state index in [1.54, 1.807) is 25.1 Å². The van der Waals surface area contributed by atoms with Crippen LogP contribution in [-0.2, 0) is 9.59 Å². The normalized spacial score (nSPS) is 17.5. The molecule has 0 unspecified atom stereocenters. The number of carbonyl (C=O) groups is 3. The molecule has 42 heavy (non-hydrogen) atoms. The number of thiazole rings is 1. The molecule has 13 heteroatoms. The van der Waals surface area contributed by atoms with E-state index < -0.39 is 35.6 Å². The third-order valence-corrected chi connectivity index (χ3v) is 8.31. The number of halogens is 4. The van der Waals surface area contributed by atoms with Gasteiger partial charge in [-0.15, -0.1) is 36.2 Å². The van der Waals surface area contributed by atoms with Crippen LogP contribution >= 0.6 is 36.2 Å². The van der Waals surface area contributed by atoms with Crippen molar-refractivity contribution in [3.05, 3.63) is 76.8 Å². The minimum atomic E-state index is -3.34. The zero-order valence-corrected chi connectivity index (χ0v) is 25.2. The smallest absolute Gasteiger partial charge is 0.275 e.